The number of alkyl halides is 2. The van der Waals surface area contributed by atoms with E-state index < -0.39 is 6.61 Å². The van der Waals surface area contributed by atoms with E-state index in [1.165, 1.54) is 17.7 Å². The van der Waals surface area contributed by atoms with Gasteiger partial charge in [-0.1, -0.05) is 67.6 Å². The molecule has 0 aliphatic heterocycles. The molecular formula is C23H22F2N2OS. The van der Waals surface area contributed by atoms with Crippen LogP contribution in [0.1, 0.15) is 29.7 Å². The zero-order valence-electron chi connectivity index (χ0n) is 15.9. The number of ether oxygens (including phenoxy) is 1. The summed E-state index contributed by atoms with van der Waals surface area (Å²) in [5, 5.41) is 7.09. The number of anilines is 1. The Labute approximate surface area is 174 Å². The molecule has 150 valence electrons. The van der Waals surface area contributed by atoms with Crippen LogP contribution in [0.5, 0.6) is 5.75 Å². The van der Waals surface area contributed by atoms with E-state index in [4.69, 9.17) is 12.2 Å². The van der Waals surface area contributed by atoms with Gasteiger partial charge in [-0.3, -0.25) is 0 Å². The molecule has 2 N–H and O–H groups in total. The average Bonchev–Trinajstić information content (AvgIpc) is 2.73. The van der Waals surface area contributed by atoms with Crippen molar-refractivity contribution in [1.29, 1.82) is 0 Å². The molecule has 0 aliphatic rings. The smallest absolute Gasteiger partial charge is 0.387 e. The van der Waals surface area contributed by atoms with Gasteiger partial charge in [-0.05, 0) is 53.5 Å². The Hall–Kier alpha value is -2.99. The molecule has 0 saturated carbocycles. The lowest BCUT2D eigenvalue weighted by Crippen LogP contribution is -2.33. The number of para-hydroxylation sites is 1. The van der Waals surface area contributed by atoms with E-state index in [0.29, 0.717) is 5.11 Å². The molecule has 3 nitrogen and oxygen atoms in total. The van der Waals surface area contributed by atoms with Gasteiger partial charge in [0.15, 0.2) is 5.11 Å². The van der Waals surface area contributed by atoms with Crippen molar-refractivity contribution in [3.8, 4) is 5.75 Å². The highest BCUT2D eigenvalue weighted by atomic mass is 32.1. The van der Waals surface area contributed by atoms with Crippen LogP contribution in [0.4, 0.5) is 14.5 Å². The van der Waals surface area contributed by atoms with Crippen LogP contribution < -0.4 is 15.4 Å². The van der Waals surface area contributed by atoms with E-state index in [1.807, 2.05) is 48.5 Å². The molecule has 1 atom stereocenters. The third-order valence-electron chi connectivity index (χ3n) is 4.49. The molecule has 0 radical (unpaired) electrons. The Kier molecular flexibility index (Phi) is 7.14. The highest BCUT2D eigenvalue weighted by Gasteiger charge is 2.16. The summed E-state index contributed by atoms with van der Waals surface area (Å²) >= 11 is 5.56. The molecule has 29 heavy (non-hydrogen) atoms. The van der Waals surface area contributed by atoms with Crippen molar-refractivity contribution in [3.63, 3.8) is 0 Å². The van der Waals surface area contributed by atoms with Crippen molar-refractivity contribution < 1.29 is 13.5 Å². The molecule has 3 aromatic carbocycles. The van der Waals surface area contributed by atoms with Crippen molar-refractivity contribution in [2.45, 2.75) is 26.0 Å². The van der Waals surface area contributed by atoms with Crippen LogP contribution in [0.3, 0.4) is 0 Å². The Balaban J connectivity index is 1.82. The van der Waals surface area contributed by atoms with E-state index in [0.717, 1.165) is 23.2 Å². The predicted octanol–water partition coefficient (Wildman–Crippen LogP) is 5.93. The van der Waals surface area contributed by atoms with Crippen LogP contribution >= 0.6 is 12.2 Å². The Morgan fingerprint density at radius 3 is 2.17 bits per heavy atom. The van der Waals surface area contributed by atoms with E-state index in [9.17, 15) is 8.78 Å². The Bertz CT molecular complexity index is 933. The Morgan fingerprint density at radius 2 is 1.52 bits per heavy atom. The SMILES string of the molecule is CCc1ccccc1NC(=S)N[C@@H](c1ccccc1)c1ccc(OC(F)F)cc1. The number of aryl methyl sites for hydroxylation is 1. The summed E-state index contributed by atoms with van der Waals surface area (Å²) in [5.41, 5.74) is 4.01. The van der Waals surface area contributed by atoms with Crippen LogP contribution in [0.25, 0.3) is 0 Å². The average molecular weight is 413 g/mol. The van der Waals surface area contributed by atoms with Gasteiger partial charge in [0, 0.05) is 5.69 Å². The molecule has 0 aliphatic carbocycles. The van der Waals surface area contributed by atoms with Gasteiger partial charge in [-0.15, -0.1) is 0 Å². The highest BCUT2D eigenvalue weighted by Crippen LogP contribution is 2.25. The van der Waals surface area contributed by atoms with Crippen molar-refractivity contribution in [3.05, 3.63) is 95.6 Å². The lowest BCUT2D eigenvalue weighted by atomic mass is 9.99. The van der Waals surface area contributed by atoms with Crippen LogP contribution in [-0.2, 0) is 6.42 Å². The van der Waals surface area contributed by atoms with Gasteiger partial charge < -0.3 is 15.4 Å². The number of halogens is 2. The number of nitrogens with one attached hydrogen (secondary N) is 2. The van der Waals surface area contributed by atoms with Gasteiger partial charge >= 0.3 is 6.61 Å². The van der Waals surface area contributed by atoms with E-state index in [1.54, 1.807) is 12.1 Å². The minimum absolute atomic E-state index is 0.119. The first kappa shape index (κ1) is 20.7. The lowest BCUT2D eigenvalue weighted by molar-refractivity contribution is -0.0498. The summed E-state index contributed by atoms with van der Waals surface area (Å²) in [6.07, 6.45) is 0.888. The molecule has 6 heteroatoms. The molecule has 0 aromatic heterocycles. The van der Waals surface area contributed by atoms with E-state index >= 15 is 0 Å². The van der Waals surface area contributed by atoms with Gasteiger partial charge in [-0.25, -0.2) is 0 Å². The number of thiocarbonyl (C=S) groups is 1. The number of rotatable bonds is 7. The van der Waals surface area contributed by atoms with Gasteiger partial charge in [-0.2, -0.15) is 8.78 Å². The second-order valence-electron chi connectivity index (χ2n) is 6.40. The second kappa shape index (κ2) is 9.98. The standard InChI is InChI=1S/C23H22F2N2OS/c1-2-16-8-6-7-11-20(16)26-23(29)27-21(17-9-4-3-5-10-17)18-12-14-19(15-13-18)28-22(24)25/h3-15,21-22H,2H2,1H3,(H2,26,27,29)/t21-/m0/s1. The van der Waals surface area contributed by atoms with Gasteiger partial charge in [0.25, 0.3) is 0 Å². The molecule has 0 bridgehead atoms. The minimum Gasteiger partial charge on any atom is -0.435 e. The summed E-state index contributed by atoms with van der Waals surface area (Å²) < 4.78 is 29.3. The second-order valence-corrected chi connectivity index (χ2v) is 6.81. The lowest BCUT2D eigenvalue weighted by Gasteiger charge is -2.23. The van der Waals surface area contributed by atoms with Crippen LogP contribution in [0.2, 0.25) is 0 Å². The van der Waals surface area contributed by atoms with E-state index in [2.05, 4.69) is 28.4 Å². The molecule has 3 rings (SSSR count). The fourth-order valence-corrected chi connectivity index (χ4v) is 3.31. The normalized spacial score (nSPS) is 11.7. The number of hydrogen-bond acceptors (Lipinski definition) is 2. The van der Waals surface area contributed by atoms with Gasteiger partial charge in [0.2, 0.25) is 0 Å². The summed E-state index contributed by atoms with van der Waals surface area (Å²) in [6.45, 7) is -0.758. The summed E-state index contributed by atoms with van der Waals surface area (Å²) in [6, 6.07) is 24.1. The third kappa shape index (κ3) is 5.74. The summed E-state index contributed by atoms with van der Waals surface area (Å²) in [5.74, 6) is 0.119. The summed E-state index contributed by atoms with van der Waals surface area (Å²) in [4.78, 5) is 0. The highest BCUT2D eigenvalue weighted by molar-refractivity contribution is 7.80. The van der Waals surface area contributed by atoms with E-state index in [-0.39, 0.29) is 11.8 Å². The molecule has 0 heterocycles. The first-order valence-electron chi connectivity index (χ1n) is 9.32. The number of hydrogen-bond donors (Lipinski definition) is 2. The maximum absolute atomic E-state index is 12.4. The van der Waals surface area contributed by atoms with Crippen LogP contribution in [0, 0.1) is 0 Å². The molecule has 0 saturated heterocycles. The fourth-order valence-electron chi connectivity index (χ4n) is 3.09. The first-order chi connectivity index (χ1) is 14.1. The quantitative estimate of drug-likeness (QED) is 0.472. The van der Waals surface area contributed by atoms with Crippen molar-refractivity contribution in [2.24, 2.45) is 0 Å². The number of benzene rings is 3. The first-order valence-corrected chi connectivity index (χ1v) is 9.72. The van der Waals surface area contributed by atoms with Gasteiger partial charge in [0.05, 0.1) is 6.04 Å². The fraction of sp³-hybridized carbons (Fsp3) is 0.174. The van der Waals surface area contributed by atoms with Gasteiger partial charge in [0.1, 0.15) is 5.75 Å². The zero-order chi connectivity index (χ0) is 20.6. The molecule has 0 fully saturated rings. The maximum Gasteiger partial charge on any atom is 0.387 e. The minimum atomic E-state index is -2.85. The predicted molar refractivity (Wildman–Crippen MR) is 117 cm³/mol. The third-order valence-corrected chi connectivity index (χ3v) is 4.71. The van der Waals surface area contributed by atoms with Crippen LogP contribution in [-0.4, -0.2) is 11.7 Å². The van der Waals surface area contributed by atoms with Crippen LogP contribution in [0.15, 0.2) is 78.9 Å². The topological polar surface area (TPSA) is 33.3 Å². The molecular weight excluding hydrogens is 390 g/mol. The molecule has 0 spiro atoms. The maximum atomic E-state index is 12.4. The van der Waals surface area contributed by atoms with Crippen molar-refractivity contribution in [1.82, 2.24) is 5.32 Å². The molecule has 3 aromatic rings. The van der Waals surface area contributed by atoms with Crippen molar-refractivity contribution >= 4 is 23.0 Å². The molecule has 0 amide bonds. The Morgan fingerprint density at radius 1 is 0.897 bits per heavy atom. The monoisotopic (exact) mass is 412 g/mol. The summed E-state index contributed by atoms with van der Waals surface area (Å²) in [7, 11) is 0. The van der Waals surface area contributed by atoms with Crippen molar-refractivity contribution in [2.75, 3.05) is 5.32 Å². The molecule has 0 unspecified atom stereocenters. The zero-order valence-corrected chi connectivity index (χ0v) is 16.8. The largest absolute Gasteiger partial charge is 0.435 e.